The van der Waals surface area contributed by atoms with Crippen molar-refractivity contribution in [1.82, 2.24) is 9.97 Å². The predicted molar refractivity (Wildman–Crippen MR) is 67.1 cm³/mol. The zero-order valence-electron chi connectivity index (χ0n) is 9.97. The zero-order valence-corrected chi connectivity index (χ0v) is 9.97. The van der Waals surface area contributed by atoms with Crippen LogP contribution in [0.4, 0.5) is 5.82 Å². The second-order valence-electron chi connectivity index (χ2n) is 3.74. The van der Waals surface area contributed by atoms with Crippen molar-refractivity contribution in [2.45, 2.75) is 13.5 Å². The second kappa shape index (κ2) is 5.30. The van der Waals surface area contributed by atoms with Crippen LogP contribution in [0, 0.1) is 6.92 Å². The first kappa shape index (κ1) is 11.4. The van der Waals surface area contributed by atoms with Gasteiger partial charge in [-0.05, 0) is 19.1 Å². The van der Waals surface area contributed by atoms with Gasteiger partial charge >= 0.3 is 0 Å². The molecule has 0 aliphatic carbocycles. The smallest absolute Gasteiger partial charge is 0.144 e. The minimum absolute atomic E-state index is 0.431. The Bertz CT molecular complexity index is 465. The fourth-order valence-electron chi connectivity index (χ4n) is 1.35. The normalized spacial score (nSPS) is 10.0. The van der Waals surface area contributed by atoms with E-state index in [0.29, 0.717) is 6.61 Å². The van der Waals surface area contributed by atoms with Crippen LogP contribution in [-0.4, -0.2) is 17.0 Å². The van der Waals surface area contributed by atoms with Crippen molar-refractivity contribution >= 4 is 5.82 Å². The Hall–Kier alpha value is -2.10. The number of aryl methyl sites for hydroxylation is 1. The highest BCUT2D eigenvalue weighted by Crippen LogP contribution is 2.13. The van der Waals surface area contributed by atoms with Gasteiger partial charge in [0.15, 0.2) is 0 Å². The first-order valence-corrected chi connectivity index (χ1v) is 5.46. The average Bonchev–Trinajstić information content (AvgIpc) is 2.39. The number of rotatable bonds is 4. The van der Waals surface area contributed by atoms with E-state index in [9.17, 15) is 0 Å². The van der Waals surface area contributed by atoms with Crippen LogP contribution in [0.25, 0.3) is 0 Å². The highest BCUT2D eigenvalue weighted by atomic mass is 16.5. The van der Waals surface area contributed by atoms with Gasteiger partial charge < -0.3 is 10.1 Å². The monoisotopic (exact) mass is 229 g/mol. The number of aromatic nitrogens is 2. The van der Waals surface area contributed by atoms with Gasteiger partial charge in [0.25, 0.3) is 0 Å². The standard InChI is InChI=1S/C13H15N3O/c1-10-3-5-12(6-4-10)17-9-11-7-16-13(14-2)8-15-11/h3-8H,9H2,1-2H3,(H,14,16). The van der Waals surface area contributed by atoms with E-state index in [1.807, 2.05) is 38.2 Å². The molecular weight excluding hydrogens is 214 g/mol. The van der Waals surface area contributed by atoms with Crippen molar-refractivity contribution in [2.75, 3.05) is 12.4 Å². The summed E-state index contributed by atoms with van der Waals surface area (Å²) >= 11 is 0. The van der Waals surface area contributed by atoms with Gasteiger partial charge in [-0.25, -0.2) is 4.98 Å². The molecular formula is C13H15N3O. The molecule has 4 heteroatoms. The Kier molecular flexibility index (Phi) is 3.55. The molecule has 0 unspecified atom stereocenters. The molecule has 0 aliphatic heterocycles. The van der Waals surface area contributed by atoms with Crippen LogP contribution in [0.2, 0.25) is 0 Å². The summed E-state index contributed by atoms with van der Waals surface area (Å²) in [6.07, 6.45) is 3.40. The first-order valence-electron chi connectivity index (χ1n) is 5.46. The molecule has 4 nitrogen and oxygen atoms in total. The van der Waals surface area contributed by atoms with Crippen molar-refractivity contribution in [3.63, 3.8) is 0 Å². The van der Waals surface area contributed by atoms with Gasteiger partial charge in [0.1, 0.15) is 18.2 Å². The van der Waals surface area contributed by atoms with Crippen LogP contribution in [0.3, 0.4) is 0 Å². The molecule has 88 valence electrons. The predicted octanol–water partition coefficient (Wildman–Crippen LogP) is 2.41. The fourth-order valence-corrected chi connectivity index (χ4v) is 1.35. The Morgan fingerprint density at radius 2 is 1.88 bits per heavy atom. The summed E-state index contributed by atoms with van der Waals surface area (Å²) in [6, 6.07) is 7.94. The highest BCUT2D eigenvalue weighted by Gasteiger charge is 1.98. The van der Waals surface area contributed by atoms with Crippen molar-refractivity contribution in [3.05, 3.63) is 47.9 Å². The SMILES string of the molecule is CNc1cnc(COc2ccc(C)cc2)cn1. The molecule has 1 heterocycles. The van der Waals surface area contributed by atoms with E-state index in [-0.39, 0.29) is 0 Å². The molecule has 1 aromatic heterocycles. The molecule has 0 radical (unpaired) electrons. The zero-order chi connectivity index (χ0) is 12.1. The molecule has 2 aromatic rings. The highest BCUT2D eigenvalue weighted by molar-refractivity contribution is 5.30. The number of anilines is 1. The third-order valence-electron chi connectivity index (χ3n) is 2.37. The minimum atomic E-state index is 0.431. The van der Waals surface area contributed by atoms with Crippen LogP contribution in [0.5, 0.6) is 5.75 Å². The van der Waals surface area contributed by atoms with E-state index in [1.54, 1.807) is 12.4 Å². The van der Waals surface area contributed by atoms with Crippen molar-refractivity contribution in [1.29, 1.82) is 0 Å². The average molecular weight is 229 g/mol. The maximum atomic E-state index is 5.60. The fraction of sp³-hybridized carbons (Fsp3) is 0.231. The van der Waals surface area contributed by atoms with Gasteiger partial charge in [-0.2, -0.15) is 0 Å². The summed E-state index contributed by atoms with van der Waals surface area (Å²) in [5, 5.41) is 2.92. The van der Waals surface area contributed by atoms with Crippen LogP contribution < -0.4 is 10.1 Å². The Morgan fingerprint density at radius 3 is 2.47 bits per heavy atom. The minimum Gasteiger partial charge on any atom is -0.487 e. The lowest BCUT2D eigenvalue weighted by Gasteiger charge is -2.06. The van der Waals surface area contributed by atoms with Crippen LogP contribution in [0.15, 0.2) is 36.7 Å². The molecule has 0 atom stereocenters. The largest absolute Gasteiger partial charge is 0.487 e. The Balaban J connectivity index is 1.95. The molecule has 0 amide bonds. The number of ether oxygens (including phenoxy) is 1. The maximum Gasteiger partial charge on any atom is 0.144 e. The Labute approximate surface area is 101 Å². The van der Waals surface area contributed by atoms with Gasteiger partial charge in [0, 0.05) is 7.05 Å². The molecule has 0 fully saturated rings. The summed E-state index contributed by atoms with van der Waals surface area (Å²) in [5.74, 6) is 1.60. The van der Waals surface area contributed by atoms with Gasteiger partial charge in [0.2, 0.25) is 0 Å². The van der Waals surface area contributed by atoms with Gasteiger partial charge in [-0.15, -0.1) is 0 Å². The summed E-state index contributed by atoms with van der Waals surface area (Å²) in [7, 11) is 1.81. The van der Waals surface area contributed by atoms with E-state index >= 15 is 0 Å². The van der Waals surface area contributed by atoms with Gasteiger partial charge in [-0.3, -0.25) is 4.98 Å². The van der Waals surface area contributed by atoms with Gasteiger partial charge in [0.05, 0.1) is 18.1 Å². The molecule has 0 aliphatic rings. The molecule has 0 bridgehead atoms. The summed E-state index contributed by atoms with van der Waals surface area (Å²) in [4.78, 5) is 8.40. The third kappa shape index (κ3) is 3.17. The third-order valence-corrected chi connectivity index (χ3v) is 2.37. The van der Waals surface area contributed by atoms with Crippen LogP contribution in [0.1, 0.15) is 11.3 Å². The van der Waals surface area contributed by atoms with Crippen molar-refractivity contribution in [3.8, 4) is 5.75 Å². The molecule has 1 N–H and O–H groups in total. The lowest BCUT2D eigenvalue weighted by atomic mass is 10.2. The summed E-state index contributed by atoms with van der Waals surface area (Å²) in [6.45, 7) is 2.48. The van der Waals surface area contributed by atoms with Crippen LogP contribution >= 0.6 is 0 Å². The second-order valence-corrected chi connectivity index (χ2v) is 3.74. The van der Waals surface area contributed by atoms with Crippen LogP contribution in [-0.2, 0) is 6.61 Å². The number of nitrogens with one attached hydrogen (secondary N) is 1. The first-order chi connectivity index (χ1) is 8.28. The molecule has 0 spiro atoms. The summed E-state index contributed by atoms with van der Waals surface area (Å²) < 4.78 is 5.60. The van der Waals surface area contributed by atoms with Crippen molar-refractivity contribution < 1.29 is 4.74 Å². The van der Waals surface area contributed by atoms with E-state index in [2.05, 4.69) is 15.3 Å². The Morgan fingerprint density at radius 1 is 1.12 bits per heavy atom. The van der Waals surface area contributed by atoms with E-state index in [1.165, 1.54) is 5.56 Å². The lowest BCUT2D eigenvalue weighted by molar-refractivity contribution is 0.301. The number of hydrogen-bond acceptors (Lipinski definition) is 4. The number of benzene rings is 1. The maximum absolute atomic E-state index is 5.60. The lowest BCUT2D eigenvalue weighted by Crippen LogP contribution is -2.01. The number of nitrogens with zero attached hydrogens (tertiary/aromatic N) is 2. The van der Waals surface area contributed by atoms with E-state index < -0.39 is 0 Å². The van der Waals surface area contributed by atoms with Crippen molar-refractivity contribution in [2.24, 2.45) is 0 Å². The molecule has 0 saturated heterocycles. The molecule has 0 saturated carbocycles. The quantitative estimate of drug-likeness (QED) is 0.874. The molecule has 1 aromatic carbocycles. The number of hydrogen-bond donors (Lipinski definition) is 1. The van der Waals surface area contributed by atoms with E-state index in [0.717, 1.165) is 17.3 Å². The van der Waals surface area contributed by atoms with Gasteiger partial charge in [-0.1, -0.05) is 17.7 Å². The molecule has 2 rings (SSSR count). The summed E-state index contributed by atoms with van der Waals surface area (Å²) in [5.41, 5.74) is 2.03. The topological polar surface area (TPSA) is 47.0 Å². The van der Waals surface area contributed by atoms with E-state index in [4.69, 9.17) is 4.74 Å². The molecule has 17 heavy (non-hydrogen) atoms.